The van der Waals surface area contributed by atoms with Crippen LogP contribution in [-0.4, -0.2) is 16.1 Å². The van der Waals surface area contributed by atoms with Gasteiger partial charge in [-0.25, -0.2) is 0 Å². The van der Waals surface area contributed by atoms with Crippen molar-refractivity contribution in [1.82, 2.24) is 10.2 Å². The monoisotopic (exact) mass is 293 g/mol. The molecule has 1 amide bonds. The van der Waals surface area contributed by atoms with E-state index in [1.807, 2.05) is 32.0 Å². The Balaban J connectivity index is 2.19. The number of aryl methyl sites for hydroxylation is 2. The Morgan fingerprint density at radius 2 is 2.12 bits per heavy atom. The summed E-state index contributed by atoms with van der Waals surface area (Å²) in [5.41, 5.74) is 3.16. The van der Waals surface area contributed by atoms with E-state index in [1.54, 1.807) is 6.20 Å². The van der Waals surface area contributed by atoms with E-state index in [4.69, 9.17) is 0 Å². The minimum absolute atomic E-state index is 0.179. The molecule has 0 saturated heterocycles. The molecule has 1 heterocycles. The molecule has 0 fully saturated rings. The molecular weight excluding hydrogens is 282 g/mol. The summed E-state index contributed by atoms with van der Waals surface area (Å²) in [5, 5.41) is 9.33. The summed E-state index contributed by atoms with van der Waals surface area (Å²) in [6.07, 6.45) is 1.63. The molecule has 0 atom stereocenters. The highest BCUT2D eigenvalue weighted by Crippen LogP contribution is 2.20. The van der Waals surface area contributed by atoms with E-state index in [0.717, 1.165) is 21.3 Å². The molecule has 17 heavy (non-hydrogen) atoms. The van der Waals surface area contributed by atoms with Crippen molar-refractivity contribution in [3.8, 4) is 0 Å². The fourth-order valence-electron chi connectivity index (χ4n) is 1.49. The highest BCUT2D eigenvalue weighted by molar-refractivity contribution is 9.10. The number of nitrogens with zero attached hydrogens (tertiary/aromatic N) is 1. The molecule has 0 aliphatic heterocycles. The minimum atomic E-state index is -0.179. The fraction of sp³-hybridized carbons (Fsp3) is 0.167. The first-order valence-corrected chi connectivity index (χ1v) is 5.94. The van der Waals surface area contributed by atoms with Crippen molar-refractivity contribution in [1.29, 1.82) is 0 Å². The largest absolute Gasteiger partial charge is 0.321 e. The molecule has 1 aromatic carbocycles. The maximum absolute atomic E-state index is 11.9. The lowest BCUT2D eigenvalue weighted by molar-refractivity contribution is 0.102. The Morgan fingerprint density at radius 3 is 2.71 bits per heavy atom. The average molecular weight is 294 g/mol. The second-order valence-corrected chi connectivity index (χ2v) is 4.70. The maximum atomic E-state index is 11.9. The summed E-state index contributed by atoms with van der Waals surface area (Å²) >= 11 is 3.42. The van der Waals surface area contributed by atoms with Crippen LogP contribution in [0.5, 0.6) is 0 Å². The third-order valence-corrected chi connectivity index (χ3v) is 3.36. The lowest BCUT2D eigenvalue weighted by Gasteiger charge is -2.06. The summed E-state index contributed by atoms with van der Waals surface area (Å²) in [7, 11) is 0. The summed E-state index contributed by atoms with van der Waals surface area (Å²) in [6.45, 7) is 3.81. The first-order valence-electron chi connectivity index (χ1n) is 5.15. The zero-order valence-electron chi connectivity index (χ0n) is 9.54. The Morgan fingerprint density at radius 1 is 1.35 bits per heavy atom. The molecule has 0 aliphatic rings. The number of aromatic nitrogens is 2. The van der Waals surface area contributed by atoms with Gasteiger partial charge in [-0.05, 0) is 43.2 Å². The van der Waals surface area contributed by atoms with Crippen LogP contribution in [0.25, 0.3) is 0 Å². The van der Waals surface area contributed by atoms with Gasteiger partial charge >= 0.3 is 0 Å². The van der Waals surface area contributed by atoms with Gasteiger partial charge in [0.25, 0.3) is 5.91 Å². The highest BCUT2D eigenvalue weighted by Gasteiger charge is 2.11. The van der Waals surface area contributed by atoms with Gasteiger partial charge in [-0.15, -0.1) is 0 Å². The zero-order valence-corrected chi connectivity index (χ0v) is 11.1. The molecular formula is C12H12BrN3O. The van der Waals surface area contributed by atoms with Gasteiger partial charge in [0, 0.05) is 10.2 Å². The van der Waals surface area contributed by atoms with Crippen molar-refractivity contribution in [2.75, 3.05) is 5.32 Å². The van der Waals surface area contributed by atoms with Crippen molar-refractivity contribution in [3.05, 3.63) is 45.7 Å². The number of aromatic amines is 1. The molecule has 0 spiro atoms. The van der Waals surface area contributed by atoms with Crippen molar-refractivity contribution >= 4 is 27.5 Å². The van der Waals surface area contributed by atoms with E-state index in [2.05, 4.69) is 31.4 Å². The van der Waals surface area contributed by atoms with Crippen LogP contribution in [-0.2, 0) is 0 Å². The lowest BCUT2D eigenvalue weighted by atomic mass is 10.2. The number of rotatable bonds is 2. The van der Waals surface area contributed by atoms with Crippen LogP contribution in [0.3, 0.4) is 0 Å². The Bertz CT molecular complexity index is 563. The summed E-state index contributed by atoms with van der Waals surface area (Å²) < 4.78 is 1.02. The zero-order chi connectivity index (χ0) is 12.4. The molecule has 0 radical (unpaired) electrons. The first kappa shape index (κ1) is 11.9. The second kappa shape index (κ2) is 4.71. The molecule has 2 rings (SSSR count). The normalized spacial score (nSPS) is 10.3. The topological polar surface area (TPSA) is 57.8 Å². The molecule has 4 nitrogen and oxygen atoms in total. The summed E-state index contributed by atoms with van der Waals surface area (Å²) in [4.78, 5) is 11.9. The van der Waals surface area contributed by atoms with Crippen LogP contribution in [0, 0.1) is 13.8 Å². The predicted octanol–water partition coefficient (Wildman–Crippen LogP) is 3.04. The van der Waals surface area contributed by atoms with Gasteiger partial charge in [-0.2, -0.15) is 5.10 Å². The van der Waals surface area contributed by atoms with Gasteiger partial charge in [-0.1, -0.05) is 15.9 Å². The number of carbonyl (C=O) groups excluding carboxylic acids is 1. The maximum Gasteiger partial charge on any atom is 0.273 e. The molecule has 1 aromatic heterocycles. The average Bonchev–Trinajstić information content (AvgIpc) is 2.70. The molecule has 0 unspecified atom stereocenters. The molecule has 2 aromatic rings. The number of nitrogens with one attached hydrogen (secondary N) is 2. The third kappa shape index (κ3) is 2.55. The quantitative estimate of drug-likeness (QED) is 0.894. The van der Waals surface area contributed by atoms with Gasteiger partial charge in [0.15, 0.2) is 0 Å². The second-order valence-electron chi connectivity index (χ2n) is 3.85. The van der Waals surface area contributed by atoms with Crippen LogP contribution in [0.15, 0.2) is 28.9 Å². The number of benzene rings is 1. The van der Waals surface area contributed by atoms with E-state index in [9.17, 15) is 4.79 Å². The van der Waals surface area contributed by atoms with Crippen molar-refractivity contribution in [2.24, 2.45) is 0 Å². The van der Waals surface area contributed by atoms with Crippen molar-refractivity contribution < 1.29 is 4.79 Å². The van der Waals surface area contributed by atoms with Crippen LogP contribution >= 0.6 is 15.9 Å². The van der Waals surface area contributed by atoms with E-state index in [0.29, 0.717) is 5.69 Å². The Labute approximate surface area is 108 Å². The molecule has 0 aliphatic carbocycles. The minimum Gasteiger partial charge on any atom is -0.321 e. The van der Waals surface area contributed by atoms with E-state index >= 15 is 0 Å². The number of carbonyl (C=O) groups is 1. The number of hydrogen-bond donors (Lipinski definition) is 2. The Kier molecular flexibility index (Phi) is 3.28. The van der Waals surface area contributed by atoms with E-state index in [-0.39, 0.29) is 5.91 Å². The highest BCUT2D eigenvalue weighted by atomic mass is 79.9. The lowest BCUT2D eigenvalue weighted by Crippen LogP contribution is -2.13. The van der Waals surface area contributed by atoms with Gasteiger partial charge in [0.2, 0.25) is 0 Å². The van der Waals surface area contributed by atoms with Crippen LogP contribution in [0.2, 0.25) is 0 Å². The van der Waals surface area contributed by atoms with E-state index in [1.165, 1.54) is 0 Å². The third-order valence-electron chi connectivity index (χ3n) is 2.47. The number of hydrogen-bond acceptors (Lipinski definition) is 2. The summed E-state index contributed by atoms with van der Waals surface area (Å²) in [5.74, 6) is -0.179. The van der Waals surface area contributed by atoms with Crippen LogP contribution in [0.4, 0.5) is 5.69 Å². The number of H-pyrrole nitrogens is 1. The molecule has 2 N–H and O–H groups in total. The number of halogens is 1. The fourth-order valence-corrected chi connectivity index (χ4v) is 1.74. The molecule has 88 valence electrons. The van der Waals surface area contributed by atoms with Crippen LogP contribution in [0.1, 0.15) is 21.6 Å². The molecule has 5 heteroatoms. The van der Waals surface area contributed by atoms with Gasteiger partial charge in [-0.3, -0.25) is 9.89 Å². The van der Waals surface area contributed by atoms with Crippen LogP contribution < -0.4 is 5.32 Å². The van der Waals surface area contributed by atoms with Crippen molar-refractivity contribution in [3.63, 3.8) is 0 Å². The first-order chi connectivity index (χ1) is 8.08. The van der Waals surface area contributed by atoms with Crippen molar-refractivity contribution in [2.45, 2.75) is 13.8 Å². The van der Waals surface area contributed by atoms with Gasteiger partial charge in [0.05, 0.1) is 6.20 Å². The SMILES string of the molecule is Cc1cc(NC(=O)c2[nH]ncc2C)ccc1Br. The smallest absolute Gasteiger partial charge is 0.273 e. The summed E-state index contributed by atoms with van der Waals surface area (Å²) in [6, 6.07) is 5.67. The van der Waals surface area contributed by atoms with Gasteiger partial charge < -0.3 is 5.32 Å². The van der Waals surface area contributed by atoms with E-state index < -0.39 is 0 Å². The molecule has 0 saturated carbocycles. The Hall–Kier alpha value is -1.62. The standard InChI is InChI=1S/C12H12BrN3O/c1-7-5-9(3-4-10(7)13)15-12(17)11-8(2)6-14-16-11/h3-6H,1-2H3,(H,14,16)(H,15,17). The van der Waals surface area contributed by atoms with Gasteiger partial charge in [0.1, 0.15) is 5.69 Å². The predicted molar refractivity (Wildman–Crippen MR) is 70.2 cm³/mol. The number of amides is 1. The number of anilines is 1. The molecule has 0 bridgehead atoms.